The number of esters is 1. The van der Waals surface area contributed by atoms with Crippen LogP contribution in [0.2, 0.25) is 0 Å². The van der Waals surface area contributed by atoms with Crippen molar-refractivity contribution in [2.24, 2.45) is 0 Å². The van der Waals surface area contributed by atoms with Crippen LogP contribution in [0.15, 0.2) is 36.4 Å². The first kappa shape index (κ1) is 15.1. The highest BCUT2D eigenvalue weighted by molar-refractivity contribution is 6.11. The fourth-order valence-electron chi connectivity index (χ4n) is 2.92. The molecule has 0 saturated carbocycles. The zero-order chi connectivity index (χ0) is 16.6. The van der Waals surface area contributed by atoms with E-state index in [1.807, 2.05) is 19.1 Å². The second-order valence-electron chi connectivity index (χ2n) is 5.23. The number of carbonyl (C=O) groups excluding carboxylic acids is 1. The second kappa shape index (κ2) is 5.76. The maximum atomic E-state index is 12.0. The van der Waals surface area contributed by atoms with Crippen molar-refractivity contribution in [2.75, 3.05) is 6.61 Å². The van der Waals surface area contributed by atoms with E-state index in [4.69, 9.17) is 4.74 Å². The zero-order valence-electron chi connectivity index (χ0n) is 13.0. The molecule has 1 heterocycles. The Morgan fingerprint density at radius 2 is 1.57 bits per heavy atom. The van der Waals surface area contributed by atoms with E-state index in [0.29, 0.717) is 12.2 Å². The molecule has 0 saturated heterocycles. The summed E-state index contributed by atoms with van der Waals surface area (Å²) in [5, 5.41) is 10.9. The van der Waals surface area contributed by atoms with Crippen molar-refractivity contribution in [3.63, 3.8) is 0 Å². The largest absolute Gasteiger partial charge is 0.478 e. The van der Waals surface area contributed by atoms with E-state index < -0.39 is 5.97 Å². The molecule has 23 heavy (non-hydrogen) atoms. The minimum absolute atomic E-state index is 0.231. The smallest absolute Gasteiger partial charge is 0.338 e. The molecular weight excluding hydrogens is 294 g/mol. The number of benzene rings is 2. The number of carboxylic acid groups (broad SMARTS) is 1. The van der Waals surface area contributed by atoms with E-state index >= 15 is 0 Å². The first-order chi connectivity index (χ1) is 11.1. The molecule has 2 aromatic carbocycles. The normalized spacial score (nSPS) is 11.0. The summed E-state index contributed by atoms with van der Waals surface area (Å²) < 4.78 is 7.15. The van der Waals surface area contributed by atoms with E-state index in [0.717, 1.165) is 28.4 Å². The fourth-order valence-corrected chi connectivity index (χ4v) is 2.92. The molecular formula is C18H17NO4. The summed E-state index contributed by atoms with van der Waals surface area (Å²) in [5.74, 6) is -1.34. The Morgan fingerprint density at radius 3 is 2.09 bits per heavy atom. The number of aryl methyl sites for hydroxylation is 1. The van der Waals surface area contributed by atoms with E-state index in [9.17, 15) is 14.7 Å². The monoisotopic (exact) mass is 311 g/mol. The van der Waals surface area contributed by atoms with Crippen molar-refractivity contribution in [1.82, 2.24) is 4.57 Å². The van der Waals surface area contributed by atoms with Gasteiger partial charge in [0.05, 0.1) is 17.7 Å². The number of hydrogen-bond acceptors (Lipinski definition) is 3. The summed E-state index contributed by atoms with van der Waals surface area (Å²) in [5.41, 5.74) is 2.62. The lowest BCUT2D eigenvalue weighted by atomic mass is 10.1. The Hall–Kier alpha value is -2.82. The summed E-state index contributed by atoms with van der Waals surface area (Å²) >= 11 is 0. The summed E-state index contributed by atoms with van der Waals surface area (Å²) in [7, 11) is 0. The summed E-state index contributed by atoms with van der Waals surface area (Å²) in [4.78, 5) is 23.2. The predicted octanol–water partition coefficient (Wildman–Crippen LogP) is 3.69. The lowest BCUT2D eigenvalue weighted by Crippen LogP contribution is -2.04. The highest BCUT2D eigenvalue weighted by atomic mass is 16.5. The molecule has 0 aliphatic heterocycles. The third-order valence-electron chi connectivity index (χ3n) is 3.94. The van der Waals surface area contributed by atoms with Gasteiger partial charge in [0.1, 0.15) is 0 Å². The van der Waals surface area contributed by atoms with Crippen LogP contribution in [0.4, 0.5) is 0 Å². The van der Waals surface area contributed by atoms with E-state index in [-0.39, 0.29) is 11.5 Å². The molecule has 0 aliphatic rings. The Balaban J connectivity index is 2.31. The van der Waals surface area contributed by atoms with Crippen LogP contribution in [0, 0.1) is 0 Å². The average molecular weight is 311 g/mol. The van der Waals surface area contributed by atoms with Crippen LogP contribution in [0.3, 0.4) is 0 Å². The van der Waals surface area contributed by atoms with Gasteiger partial charge in [0.2, 0.25) is 0 Å². The van der Waals surface area contributed by atoms with Crippen molar-refractivity contribution >= 4 is 33.7 Å². The molecule has 0 fully saturated rings. The molecule has 0 amide bonds. The SMILES string of the molecule is CCOC(=O)c1ccc2c(c1)c1cc(C(=O)O)ccc1n2CC. The van der Waals surface area contributed by atoms with Gasteiger partial charge in [0, 0.05) is 28.4 Å². The minimum atomic E-state index is -0.967. The standard InChI is InChI=1S/C18H17NO4/c1-3-19-15-7-5-11(17(20)21)9-13(15)14-10-12(6-8-16(14)19)18(22)23-4-2/h5-10H,3-4H2,1-2H3,(H,20,21). The Kier molecular flexibility index (Phi) is 3.78. The number of nitrogens with zero attached hydrogens (tertiary/aromatic N) is 1. The first-order valence-electron chi connectivity index (χ1n) is 7.53. The number of aromatic carboxylic acids is 1. The molecule has 1 aromatic heterocycles. The van der Waals surface area contributed by atoms with Gasteiger partial charge in [0.25, 0.3) is 0 Å². The van der Waals surface area contributed by atoms with Gasteiger partial charge in [-0.25, -0.2) is 9.59 Å². The molecule has 0 spiro atoms. The van der Waals surface area contributed by atoms with Crippen molar-refractivity contribution in [3.05, 3.63) is 47.5 Å². The number of fused-ring (bicyclic) bond motifs is 3. The molecule has 3 aromatic rings. The topological polar surface area (TPSA) is 68.5 Å². The van der Waals surface area contributed by atoms with E-state index in [1.54, 1.807) is 31.2 Å². The fraction of sp³-hybridized carbons (Fsp3) is 0.222. The maximum Gasteiger partial charge on any atom is 0.338 e. The number of rotatable bonds is 4. The second-order valence-corrected chi connectivity index (χ2v) is 5.23. The molecule has 0 unspecified atom stereocenters. The van der Waals surface area contributed by atoms with Crippen LogP contribution in [-0.2, 0) is 11.3 Å². The van der Waals surface area contributed by atoms with Crippen LogP contribution >= 0.6 is 0 Å². The Bertz CT molecular complexity index is 924. The van der Waals surface area contributed by atoms with Gasteiger partial charge < -0.3 is 14.4 Å². The molecule has 3 rings (SSSR count). The maximum absolute atomic E-state index is 12.0. The summed E-state index contributed by atoms with van der Waals surface area (Å²) in [6.45, 7) is 4.86. The third-order valence-corrected chi connectivity index (χ3v) is 3.94. The first-order valence-corrected chi connectivity index (χ1v) is 7.53. The van der Waals surface area contributed by atoms with Crippen molar-refractivity contribution < 1.29 is 19.4 Å². The van der Waals surface area contributed by atoms with Crippen LogP contribution in [0.25, 0.3) is 21.8 Å². The van der Waals surface area contributed by atoms with Crippen molar-refractivity contribution in [2.45, 2.75) is 20.4 Å². The number of hydrogen-bond donors (Lipinski definition) is 1. The molecule has 0 aliphatic carbocycles. The summed E-state index contributed by atoms with van der Waals surface area (Å²) in [6, 6.07) is 10.5. The van der Waals surface area contributed by atoms with Crippen molar-refractivity contribution in [3.8, 4) is 0 Å². The molecule has 0 bridgehead atoms. The van der Waals surface area contributed by atoms with Crippen LogP contribution in [-0.4, -0.2) is 28.2 Å². The molecule has 5 heteroatoms. The quantitative estimate of drug-likeness (QED) is 0.746. The van der Waals surface area contributed by atoms with E-state index in [1.165, 1.54) is 0 Å². The number of carboxylic acids is 1. The van der Waals surface area contributed by atoms with Gasteiger partial charge in [0.15, 0.2) is 0 Å². The molecule has 118 valence electrons. The zero-order valence-corrected chi connectivity index (χ0v) is 13.0. The predicted molar refractivity (Wildman–Crippen MR) is 88.0 cm³/mol. The van der Waals surface area contributed by atoms with Crippen LogP contribution < -0.4 is 0 Å². The minimum Gasteiger partial charge on any atom is -0.478 e. The number of carbonyl (C=O) groups is 2. The van der Waals surface area contributed by atoms with Crippen LogP contribution in [0.5, 0.6) is 0 Å². The van der Waals surface area contributed by atoms with Crippen LogP contribution in [0.1, 0.15) is 34.6 Å². The van der Waals surface area contributed by atoms with Gasteiger partial charge in [-0.05, 0) is 50.2 Å². The van der Waals surface area contributed by atoms with Gasteiger partial charge >= 0.3 is 11.9 Å². The lowest BCUT2D eigenvalue weighted by Gasteiger charge is -2.04. The van der Waals surface area contributed by atoms with Gasteiger partial charge in [-0.2, -0.15) is 0 Å². The van der Waals surface area contributed by atoms with Crippen molar-refractivity contribution in [1.29, 1.82) is 0 Å². The Morgan fingerprint density at radius 1 is 1.00 bits per heavy atom. The molecule has 1 N–H and O–H groups in total. The highest BCUT2D eigenvalue weighted by Crippen LogP contribution is 2.31. The number of aromatic nitrogens is 1. The number of ether oxygens (including phenoxy) is 1. The molecule has 0 atom stereocenters. The average Bonchev–Trinajstić information content (AvgIpc) is 2.87. The summed E-state index contributed by atoms with van der Waals surface area (Å²) in [6.07, 6.45) is 0. The van der Waals surface area contributed by atoms with E-state index in [2.05, 4.69) is 4.57 Å². The molecule has 0 radical (unpaired) electrons. The highest BCUT2D eigenvalue weighted by Gasteiger charge is 2.15. The van der Waals surface area contributed by atoms with Gasteiger partial charge in [-0.3, -0.25) is 0 Å². The van der Waals surface area contributed by atoms with Gasteiger partial charge in [-0.15, -0.1) is 0 Å². The third kappa shape index (κ3) is 2.44. The van der Waals surface area contributed by atoms with Gasteiger partial charge in [-0.1, -0.05) is 0 Å². The Labute approximate surface area is 133 Å². The molecule has 5 nitrogen and oxygen atoms in total. The lowest BCUT2D eigenvalue weighted by molar-refractivity contribution is 0.0526.